The Bertz CT molecular complexity index is 332. The Balaban J connectivity index is 2.01. The molecule has 1 fully saturated rings. The topological polar surface area (TPSA) is 69.9 Å². The molecule has 4 atom stereocenters. The standard InChI is InChI=1S/C11H14O4S/c12-6-8-9(13)10(14)11(15-8)16-7-4-2-1-3-5-7/h1-5,8-14H,6H2/t8-,9-,10+,11-/m0/s1. The molecule has 0 aliphatic carbocycles. The van der Waals surface area contributed by atoms with Crippen molar-refractivity contribution in [2.45, 2.75) is 28.6 Å². The fourth-order valence-corrected chi connectivity index (χ4v) is 2.68. The number of hydrogen-bond acceptors (Lipinski definition) is 5. The number of benzene rings is 1. The third-order valence-corrected chi connectivity index (χ3v) is 3.66. The van der Waals surface area contributed by atoms with E-state index in [1.54, 1.807) is 0 Å². The van der Waals surface area contributed by atoms with Gasteiger partial charge < -0.3 is 20.1 Å². The van der Waals surface area contributed by atoms with Gasteiger partial charge in [0.1, 0.15) is 23.7 Å². The van der Waals surface area contributed by atoms with Crippen molar-refractivity contribution in [2.75, 3.05) is 6.61 Å². The normalized spacial score (nSPS) is 34.2. The first-order valence-electron chi connectivity index (χ1n) is 5.06. The van der Waals surface area contributed by atoms with Gasteiger partial charge in [0.15, 0.2) is 0 Å². The third-order valence-electron chi connectivity index (χ3n) is 2.49. The Kier molecular flexibility index (Phi) is 3.83. The van der Waals surface area contributed by atoms with Crippen molar-refractivity contribution < 1.29 is 20.1 Å². The maximum Gasteiger partial charge on any atom is 0.136 e. The average molecular weight is 242 g/mol. The molecule has 2 rings (SSSR count). The highest BCUT2D eigenvalue weighted by Gasteiger charge is 2.42. The monoisotopic (exact) mass is 242 g/mol. The Labute approximate surface area is 97.9 Å². The van der Waals surface area contributed by atoms with Crippen molar-refractivity contribution in [3.05, 3.63) is 30.3 Å². The van der Waals surface area contributed by atoms with E-state index >= 15 is 0 Å². The van der Waals surface area contributed by atoms with Crippen LogP contribution in [0, 0.1) is 0 Å². The molecule has 0 radical (unpaired) electrons. The molecule has 0 saturated carbocycles. The summed E-state index contributed by atoms with van der Waals surface area (Å²) in [5, 5.41) is 28.2. The van der Waals surface area contributed by atoms with Gasteiger partial charge in [-0.2, -0.15) is 0 Å². The molecule has 0 aromatic heterocycles. The summed E-state index contributed by atoms with van der Waals surface area (Å²) in [4.78, 5) is 0.956. The van der Waals surface area contributed by atoms with E-state index in [4.69, 9.17) is 9.84 Å². The molecule has 0 amide bonds. The molecule has 0 unspecified atom stereocenters. The van der Waals surface area contributed by atoms with Crippen molar-refractivity contribution in [3.8, 4) is 0 Å². The first-order valence-corrected chi connectivity index (χ1v) is 5.94. The van der Waals surface area contributed by atoms with E-state index in [1.807, 2.05) is 30.3 Å². The number of aliphatic hydroxyl groups excluding tert-OH is 3. The lowest BCUT2D eigenvalue weighted by molar-refractivity contribution is -0.00808. The van der Waals surface area contributed by atoms with Gasteiger partial charge >= 0.3 is 0 Å². The van der Waals surface area contributed by atoms with Crippen molar-refractivity contribution in [1.29, 1.82) is 0 Å². The van der Waals surface area contributed by atoms with Crippen molar-refractivity contribution in [2.24, 2.45) is 0 Å². The van der Waals surface area contributed by atoms with Crippen molar-refractivity contribution in [1.82, 2.24) is 0 Å². The number of hydrogen-bond donors (Lipinski definition) is 3. The van der Waals surface area contributed by atoms with Gasteiger partial charge in [0.05, 0.1) is 6.61 Å². The summed E-state index contributed by atoms with van der Waals surface area (Å²) < 4.78 is 5.35. The van der Waals surface area contributed by atoms with Gasteiger partial charge in [-0.1, -0.05) is 30.0 Å². The second kappa shape index (κ2) is 5.16. The first-order chi connectivity index (χ1) is 7.72. The zero-order chi connectivity index (χ0) is 11.5. The summed E-state index contributed by atoms with van der Waals surface area (Å²) in [6.07, 6.45) is -2.69. The smallest absolute Gasteiger partial charge is 0.136 e. The lowest BCUT2D eigenvalue weighted by atomic mass is 10.2. The van der Waals surface area contributed by atoms with Crippen LogP contribution in [0.4, 0.5) is 0 Å². The van der Waals surface area contributed by atoms with E-state index in [-0.39, 0.29) is 6.61 Å². The van der Waals surface area contributed by atoms with E-state index in [0.29, 0.717) is 0 Å². The molecule has 0 spiro atoms. The predicted octanol–water partition coefficient (Wildman–Crippen LogP) is 0.218. The second-order valence-corrected chi connectivity index (χ2v) is 4.81. The maximum atomic E-state index is 9.71. The van der Waals surface area contributed by atoms with Gasteiger partial charge in [-0.25, -0.2) is 0 Å². The van der Waals surface area contributed by atoms with E-state index in [9.17, 15) is 10.2 Å². The largest absolute Gasteiger partial charge is 0.394 e. The number of aliphatic hydroxyl groups is 3. The minimum absolute atomic E-state index is 0.288. The van der Waals surface area contributed by atoms with Crippen molar-refractivity contribution >= 4 is 11.8 Å². The van der Waals surface area contributed by atoms with E-state index < -0.39 is 23.7 Å². The van der Waals surface area contributed by atoms with Crippen molar-refractivity contribution in [3.63, 3.8) is 0 Å². The van der Waals surface area contributed by atoms with E-state index in [1.165, 1.54) is 11.8 Å². The zero-order valence-corrected chi connectivity index (χ0v) is 9.38. The van der Waals surface area contributed by atoms with Gasteiger partial charge in [0, 0.05) is 4.90 Å². The molecule has 88 valence electrons. The lowest BCUT2D eigenvalue weighted by Gasteiger charge is -2.13. The van der Waals surface area contributed by atoms with Gasteiger partial charge in [-0.15, -0.1) is 0 Å². The number of thioether (sulfide) groups is 1. The van der Waals surface area contributed by atoms with Gasteiger partial charge in [0.25, 0.3) is 0 Å². The summed E-state index contributed by atoms with van der Waals surface area (Å²) >= 11 is 1.34. The van der Waals surface area contributed by atoms with Gasteiger partial charge in [-0.05, 0) is 12.1 Å². The Morgan fingerprint density at radius 1 is 1.12 bits per heavy atom. The van der Waals surface area contributed by atoms with Crippen LogP contribution in [-0.4, -0.2) is 45.7 Å². The van der Waals surface area contributed by atoms with Crippen LogP contribution in [0.5, 0.6) is 0 Å². The molecule has 3 N–H and O–H groups in total. The molecule has 4 nitrogen and oxygen atoms in total. The molecule has 1 aromatic rings. The minimum atomic E-state index is -1.02. The second-order valence-electron chi connectivity index (χ2n) is 3.64. The highest BCUT2D eigenvalue weighted by Crippen LogP contribution is 2.33. The number of ether oxygens (including phenoxy) is 1. The van der Waals surface area contributed by atoms with Crippen LogP contribution in [0.3, 0.4) is 0 Å². The summed E-state index contributed by atoms with van der Waals surface area (Å²) in [6, 6.07) is 9.49. The fraction of sp³-hybridized carbons (Fsp3) is 0.455. The van der Waals surface area contributed by atoms with Crippen LogP contribution in [0.1, 0.15) is 0 Å². The molecular formula is C11H14O4S. The SMILES string of the molecule is OC[C@@H]1O[C@@H](Sc2ccccc2)[C@H](O)[C@H]1O. The first kappa shape index (κ1) is 11.9. The van der Waals surface area contributed by atoms with Crippen LogP contribution in [-0.2, 0) is 4.74 Å². The number of rotatable bonds is 3. The van der Waals surface area contributed by atoms with Crippen LogP contribution in [0.2, 0.25) is 0 Å². The maximum absolute atomic E-state index is 9.71. The van der Waals surface area contributed by atoms with Gasteiger partial charge in [0.2, 0.25) is 0 Å². The Morgan fingerprint density at radius 3 is 2.38 bits per heavy atom. The molecular weight excluding hydrogens is 228 g/mol. The van der Waals surface area contributed by atoms with Crippen LogP contribution < -0.4 is 0 Å². The summed E-state index contributed by atoms with van der Waals surface area (Å²) in [6.45, 7) is -0.288. The average Bonchev–Trinajstić information content (AvgIpc) is 2.58. The molecule has 16 heavy (non-hydrogen) atoms. The molecule has 0 bridgehead atoms. The molecule has 1 aliphatic rings. The molecule has 1 saturated heterocycles. The summed E-state index contributed by atoms with van der Waals surface area (Å²) in [7, 11) is 0. The highest BCUT2D eigenvalue weighted by atomic mass is 32.2. The molecule has 1 aromatic carbocycles. The Morgan fingerprint density at radius 2 is 1.81 bits per heavy atom. The molecule has 1 heterocycles. The Hall–Kier alpha value is -0.590. The highest BCUT2D eigenvalue weighted by molar-refractivity contribution is 7.99. The van der Waals surface area contributed by atoms with E-state index in [0.717, 1.165) is 4.90 Å². The lowest BCUT2D eigenvalue weighted by Crippen LogP contribution is -2.33. The van der Waals surface area contributed by atoms with Crippen LogP contribution in [0.15, 0.2) is 35.2 Å². The quantitative estimate of drug-likeness (QED) is 0.707. The predicted molar refractivity (Wildman–Crippen MR) is 60.1 cm³/mol. The third kappa shape index (κ3) is 2.39. The van der Waals surface area contributed by atoms with Crippen LogP contribution >= 0.6 is 11.8 Å². The fourth-order valence-electron chi connectivity index (χ4n) is 1.60. The molecule has 1 aliphatic heterocycles. The van der Waals surface area contributed by atoms with Gasteiger partial charge in [-0.3, -0.25) is 0 Å². The summed E-state index contributed by atoms with van der Waals surface area (Å²) in [5.74, 6) is 0. The molecule has 5 heteroatoms. The minimum Gasteiger partial charge on any atom is -0.394 e. The zero-order valence-electron chi connectivity index (χ0n) is 8.56. The summed E-state index contributed by atoms with van der Waals surface area (Å²) in [5.41, 5.74) is -0.533. The van der Waals surface area contributed by atoms with E-state index in [2.05, 4.69) is 0 Å². The van der Waals surface area contributed by atoms with Crippen LogP contribution in [0.25, 0.3) is 0 Å².